The first kappa shape index (κ1) is 19.7. The second kappa shape index (κ2) is 9.17. The number of benzene rings is 1. The van der Waals surface area contributed by atoms with E-state index >= 15 is 0 Å². The molecule has 0 aliphatic carbocycles. The molecular weight excluding hydrogens is 346 g/mol. The van der Waals surface area contributed by atoms with E-state index < -0.39 is 6.61 Å². The largest absolute Gasteiger partial charge is 0.493 e. The van der Waals surface area contributed by atoms with Crippen LogP contribution in [-0.2, 0) is 9.59 Å². The van der Waals surface area contributed by atoms with Gasteiger partial charge in [0, 0.05) is 37.7 Å². The van der Waals surface area contributed by atoms with Crippen LogP contribution in [0.2, 0.25) is 0 Å². The smallest absolute Gasteiger partial charge is 0.387 e. The molecule has 2 rings (SSSR count). The van der Waals surface area contributed by atoms with E-state index in [4.69, 9.17) is 4.74 Å². The molecule has 0 spiro atoms. The topological polar surface area (TPSA) is 67.9 Å². The maximum atomic E-state index is 12.6. The number of nitrogens with zero attached hydrogens (tertiary/aromatic N) is 1. The standard InChI is InChI=1S/C18H22F2N2O4/c1-21-17(24)13-8-10-22(11-9-13)15(23)7-6-12-4-3-5-14(25-2)16(12)26-18(19)20/h3-7,13,18H,8-11H2,1-2H3,(H,21,24)/b7-6+. The van der Waals surface area contributed by atoms with E-state index in [9.17, 15) is 18.4 Å². The predicted molar refractivity (Wildman–Crippen MR) is 92.0 cm³/mol. The maximum Gasteiger partial charge on any atom is 0.387 e. The number of ether oxygens (including phenoxy) is 2. The molecule has 0 aromatic heterocycles. The molecule has 1 saturated heterocycles. The van der Waals surface area contributed by atoms with Gasteiger partial charge in [0.15, 0.2) is 11.5 Å². The highest BCUT2D eigenvalue weighted by molar-refractivity contribution is 5.92. The Bertz CT molecular complexity index is 671. The Hall–Kier alpha value is -2.64. The van der Waals surface area contributed by atoms with E-state index in [-0.39, 0.29) is 29.2 Å². The Balaban J connectivity index is 2.06. The Morgan fingerprint density at radius 3 is 2.58 bits per heavy atom. The minimum Gasteiger partial charge on any atom is -0.493 e. The third-order valence-electron chi connectivity index (χ3n) is 4.27. The second-order valence-corrected chi connectivity index (χ2v) is 5.80. The normalized spacial score (nSPS) is 15.3. The highest BCUT2D eigenvalue weighted by atomic mass is 19.3. The monoisotopic (exact) mass is 368 g/mol. The predicted octanol–water partition coefficient (Wildman–Crippen LogP) is 2.29. The van der Waals surface area contributed by atoms with E-state index in [0.29, 0.717) is 31.5 Å². The number of carbonyl (C=O) groups excluding carboxylic acids is 2. The number of likely N-dealkylation sites (tertiary alicyclic amines) is 1. The number of alkyl halides is 2. The lowest BCUT2D eigenvalue weighted by atomic mass is 9.96. The van der Waals surface area contributed by atoms with Gasteiger partial charge in [-0.25, -0.2) is 0 Å². The minimum absolute atomic E-state index is 0.0159. The molecule has 6 nitrogen and oxygen atoms in total. The zero-order chi connectivity index (χ0) is 19.1. The van der Waals surface area contributed by atoms with Crippen molar-refractivity contribution >= 4 is 17.9 Å². The Kier molecular flexibility index (Phi) is 6.94. The molecule has 0 bridgehead atoms. The molecule has 2 amide bonds. The number of hydrogen-bond acceptors (Lipinski definition) is 4. The van der Waals surface area contributed by atoms with Crippen molar-refractivity contribution < 1.29 is 27.8 Å². The average Bonchev–Trinajstić information content (AvgIpc) is 2.65. The van der Waals surface area contributed by atoms with E-state index in [1.807, 2.05) is 0 Å². The van der Waals surface area contributed by atoms with Gasteiger partial charge in [0.25, 0.3) is 0 Å². The number of carbonyl (C=O) groups is 2. The van der Waals surface area contributed by atoms with E-state index in [1.54, 1.807) is 24.1 Å². The molecule has 1 aromatic rings. The third-order valence-corrected chi connectivity index (χ3v) is 4.27. The van der Waals surface area contributed by atoms with Crippen LogP contribution in [0.1, 0.15) is 18.4 Å². The fourth-order valence-corrected chi connectivity index (χ4v) is 2.87. The van der Waals surface area contributed by atoms with Gasteiger partial charge >= 0.3 is 6.61 Å². The summed E-state index contributed by atoms with van der Waals surface area (Å²) in [6.07, 6.45) is 3.93. The first-order valence-electron chi connectivity index (χ1n) is 8.26. The average molecular weight is 368 g/mol. The fraction of sp³-hybridized carbons (Fsp3) is 0.444. The summed E-state index contributed by atoms with van der Waals surface area (Å²) in [4.78, 5) is 25.6. The van der Waals surface area contributed by atoms with Crippen LogP contribution in [0, 0.1) is 5.92 Å². The molecule has 1 aliphatic heterocycles. The lowest BCUT2D eigenvalue weighted by Gasteiger charge is -2.30. The molecule has 0 radical (unpaired) electrons. The van der Waals surface area contributed by atoms with Crippen LogP contribution >= 0.6 is 0 Å². The lowest BCUT2D eigenvalue weighted by Crippen LogP contribution is -2.41. The number of nitrogens with one attached hydrogen (secondary N) is 1. The van der Waals surface area contributed by atoms with Crippen molar-refractivity contribution in [3.8, 4) is 11.5 Å². The molecule has 0 atom stereocenters. The summed E-state index contributed by atoms with van der Waals surface area (Å²) < 4.78 is 34.8. The van der Waals surface area contributed by atoms with Crippen molar-refractivity contribution in [1.82, 2.24) is 10.2 Å². The van der Waals surface area contributed by atoms with Gasteiger partial charge in [0.2, 0.25) is 11.8 Å². The summed E-state index contributed by atoms with van der Waals surface area (Å²) in [5, 5.41) is 2.61. The molecule has 1 aliphatic rings. The van der Waals surface area contributed by atoms with Crippen LogP contribution in [0.4, 0.5) is 8.78 Å². The molecule has 8 heteroatoms. The van der Waals surface area contributed by atoms with Crippen molar-refractivity contribution in [3.63, 3.8) is 0 Å². The number of halogens is 2. The molecule has 0 unspecified atom stereocenters. The van der Waals surface area contributed by atoms with Crippen LogP contribution in [-0.4, -0.2) is 50.6 Å². The summed E-state index contributed by atoms with van der Waals surface area (Å²) in [5.41, 5.74) is 0.318. The number of piperidine rings is 1. The van der Waals surface area contributed by atoms with Crippen molar-refractivity contribution in [3.05, 3.63) is 29.8 Å². The summed E-state index contributed by atoms with van der Waals surface area (Å²) in [7, 11) is 2.94. The quantitative estimate of drug-likeness (QED) is 0.783. The highest BCUT2D eigenvalue weighted by Gasteiger charge is 2.25. The molecule has 26 heavy (non-hydrogen) atoms. The Morgan fingerprint density at radius 2 is 2.00 bits per heavy atom. The van der Waals surface area contributed by atoms with Gasteiger partial charge in [-0.2, -0.15) is 8.78 Å². The Morgan fingerprint density at radius 1 is 1.31 bits per heavy atom. The van der Waals surface area contributed by atoms with Crippen molar-refractivity contribution in [2.75, 3.05) is 27.2 Å². The first-order chi connectivity index (χ1) is 12.5. The van der Waals surface area contributed by atoms with Crippen LogP contribution in [0.3, 0.4) is 0 Å². The van der Waals surface area contributed by atoms with Crippen LogP contribution < -0.4 is 14.8 Å². The molecule has 1 heterocycles. The van der Waals surface area contributed by atoms with Crippen LogP contribution in [0.5, 0.6) is 11.5 Å². The summed E-state index contributed by atoms with van der Waals surface area (Å²) in [6, 6.07) is 4.68. The van der Waals surface area contributed by atoms with Gasteiger partial charge in [0.1, 0.15) is 0 Å². The van der Waals surface area contributed by atoms with Crippen molar-refractivity contribution in [1.29, 1.82) is 0 Å². The van der Waals surface area contributed by atoms with Gasteiger partial charge in [-0.1, -0.05) is 12.1 Å². The second-order valence-electron chi connectivity index (χ2n) is 5.80. The number of hydrogen-bond donors (Lipinski definition) is 1. The van der Waals surface area contributed by atoms with Gasteiger partial charge in [-0.05, 0) is 25.0 Å². The van der Waals surface area contributed by atoms with E-state index in [1.165, 1.54) is 25.3 Å². The van der Waals surface area contributed by atoms with Crippen molar-refractivity contribution in [2.24, 2.45) is 5.92 Å². The molecular formula is C18H22F2N2O4. The number of amides is 2. The SMILES string of the molecule is CNC(=O)C1CCN(C(=O)/C=C/c2cccc(OC)c2OC(F)F)CC1. The molecule has 142 valence electrons. The third kappa shape index (κ3) is 4.93. The summed E-state index contributed by atoms with van der Waals surface area (Å²) in [5.74, 6) is -0.305. The van der Waals surface area contributed by atoms with Gasteiger partial charge in [-0.3, -0.25) is 9.59 Å². The maximum absolute atomic E-state index is 12.6. The molecule has 0 saturated carbocycles. The first-order valence-corrected chi connectivity index (χ1v) is 8.26. The van der Waals surface area contributed by atoms with Crippen molar-refractivity contribution in [2.45, 2.75) is 19.5 Å². The molecule has 1 N–H and O–H groups in total. The fourth-order valence-electron chi connectivity index (χ4n) is 2.87. The number of para-hydroxylation sites is 1. The molecule has 1 fully saturated rings. The highest BCUT2D eigenvalue weighted by Crippen LogP contribution is 2.33. The van der Waals surface area contributed by atoms with E-state index in [2.05, 4.69) is 10.1 Å². The Labute approximate surface area is 150 Å². The molecule has 1 aromatic carbocycles. The minimum atomic E-state index is -3.00. The zero-order valence-electron chi connectivity index (χ0n) is 14.7. The lowest BCUT2D eigenvalue weighted by molar-refractivity contribution is -0.131. The van der Waals surface area contributed by atoms with E-state index in [0.717, 1.165) is 0 Å². The van der Waals surface area contributed by atoms with Gasteiger partial charge in [0.05, 0.1) is 7.11 Å². The van der Waals surface area contributed by atoms with Gasteiger partial charge < -0.3 is 19.7 Å². The summed E-state index contributed by atoms with van der Waals surface area (Å²) in [6.45, 7) is -2.06. The summed E-state index contributed by atoms with van der Waals surface area (Å²) >= 11 is 0. The van der Waals surface area contributed by atoms with Crippen LogP contribution in [0.15, 0.2) is 24.3 Å². The number of methoxy groups -OCH3 is 1. The van der Waals surface area contributed by atoms with Gasteiger partial charge in [-0.15, -0.1) is 0 Å². The number of rotatable bonds is 6. The van der Waals surface area contributed by atoms with Crippen LogP contribution in [0.25, 0.3) is 6.08 Å². The zero-order valence-corrected chi connectivity index (χ0v) is 14.7.